The second kappa shape index (κ2) is 5.92. The highest BCUT2D eigenvalue weighted by Crippen LogP contribution is 2.31. The van der Waals surface area contributed by atoms with Crippen molar-refractivity contribution in [2.24, 2.45) is 0 Å². The Bertz CT molecular complexity index is 310. The summed E-state index contributed by atoms with van der Waals surface area (Å²) in [6.07, 6.45) is 2.22. The molecule has 0 saturated carbocycles. The lowest BCUT2D eigenvalue weighted by molar-refractivity contribution is 0.590. The Morgan fingerprint density at radius 2 is 2.00 bits per heavy atom. The molecule has 86 valence electrons. The van der Waals surface area contributed by atoms with Crippen LogP contribution in [0.1, 0.15) is 31.6 Å². The number of nitrogens with zero attached hydrogens (tertiary/aromatic N) is 2. The summed E-state index contributed by atoms with van der Waals surface area (Å²) in [4.78, 5) is 7.46. The van der Waals surface area contributed by atoms with Crippen LogP contribution in [0.3, 0.4) is 0 Å². The molecule has 0 aliphatic carbocycles. The number of hydrogen-bond donors (Lipinski definition) is 0. The fourth-order valence-corrected chi connectivity index (χ4v) is 3.05. The minimum absolute atomic E-state index is 0.438. The molecule has 0 aliphatic heterocycles. The average molecular weight is 267 g/mol. The monoisotopic (exact) mass is 266 g/mol. The standard InChI is InChI=1S/C10H16Cl2N2S/c1-4-7(5-2)14(3)10-13-9(12)8(6-11)15-10/h7H,4-6H2,1-3H3. The fraction of sp³-hybridized carbons (Fsp3) is 0.700. The van der Waals surface area contributed by atoms with Gasteiger partial charge in [-0.1, -0.05) is 36.8 Å². The summed E-state index contributed by atoms with van der Waals surface area (Å²) in [6, 6.07) is 0.524. The van der Waals surface area contributed by atoms with Gasteiger partial charge in [0.15, 0.2) is 5.13 Å². The van der Waals surface area contributed by atoms with Crippen molar-refractivity contribution in [3.05, 3.63) is 10.0 Å². The number of thiazole rings is 1. The van der Waals surface area contributed by atoms with Crippen molar-refractivity contribution in [1.29, 1.82) is 0 Å². The minimum Gasteiger partial charge on any atom is -0.348 e. The van der Waals surface area contributed by atoms with E-state index in [1.807, 2.05) is 0 Å². The number of hydrogen-bond acceptors (Lipinski definition) is 3. The summed E-state index contributed by atoms with van der Waals surface area (Å²) in [5.41, 5.74) is 0. The van der Waals surface area contributed by atoms with Gasteiger partial charge in [0.05, 0.1) is 10.8 Å². The van der Waals surface area contributed by atoms with E-state index < -0.39 is 0 Å². The molecule has 0 aromatic carbocycles. The van der Waals surface area contributed by atoms with Gasteiger partial charge in [-0.05, 0) is 12.8 Å². The van der Waals surface area contributed by atoms with E-state index in [0.717, 1.165) is 22.9 Å². The molecule has 0 saturated heterocycles. The molecule has 2 nitrogen and oxygen atoms in total. The Morgan fingerprint density at radius 3 is 2.40 bits per heavy atom. The molecule has 0 spiro atoms. The molecular formula is C10H16Cl2N2S. The molecule has 0 atom stereocenters. The van der Waals surface area contributed by atoms with E-state index in [0.29, 0.717) is 17.1 Å². The Kier molecular flexibility index (Phi) is 5.16. The number of aromatic nitrogens is 1. The lowest BCUT2D eigenvalue weighted by Gasteiger charge is -2.25. The molecule has 0 unspecified atom stereocenters. The van der Waals surface area contributed by atoms with Crippen molar-refractivity contribution in [2.45, 2.75) is 38.6 Å². The van der Waals surface area contributed by atoms with Crippen molar-refractivity contribution in [2.75, 3.05) is 11.9 Å². The highest BCUT2D eigenvalue weighted by atomic mass is 35.5. The minimum atomic E-state index is 0.438. The second-order valence-electron chi connectivity index (χ2n) is 3.43. The van der Waals surface area contributed by atoms with E-state index in [1.54, 1.807) is 11.3 Å². The molecule has 0 aliphatic rings. The van der Waals surface area contributed by atoms with E-state index in [2.05, 4.69) is 30.8 Å². The zero-order chi connectivity index (χ0) is 11.4. The van der Waals surface area contributed by atoms with Crippen LogP contribution in [0.5, 0.6) is 0 Å². The first-order valence-corrected chi connectivity index (χ1v) is 6.80. The summed E-state index contributed by atoms with van der Waals surface area (Å²) < 4.78 is 0. The number of anilines is 1. The average Bonchev–Trinajstić information content (AvgIpc) is 2.61. The van der Waals surface area contributed by atoms with Crippen LogP contribution in [0.25, 0.3) is 0 Å². The summed E-state index contributed by atoms with van der Waals surface area (Å²) in [6.45, 7) is 4.37. The van der Waals surface area contributed by atoms with Crippen molar-refractivity contribution < 1.29 is 0 Å². The Hall–Kier alpha value is 0.01000. The summed E-state index contributed by atoms with van der Waals surface area (Å²) in [5.74, 6) is 0.438. The van der Waals surface area contributed by atoms with Crippen LogP contribution in [0, 0.1) is 0 Å². The lowest BCUT2D eigenvalue weighted by atomic mass is 10.1. The normalized spacial score (nSPS) is 11.1. The summed E-state index contributed by atoms with van der Waals surface area (Å²) >= 11 is 13.3. The van der Waals surface area contributed by atoms with Crippen molar-refractivity contribution >= 4 is 39.7 Å². The smallest absolute Gasteiger partial charge is 0.187 e. The van der Waals surface area contributed by atoms with Crippen LogP contribution < -0.4 is 4.90 Å². The molecule has 1 heterocycles. The molecule has 5 heteroatoms. The largest absolute Gasteiger partial charge is 0.348 e. The fourth-order valence-electron chi connectivity index (χ4n) is 1.55. The van der Waals surface area contributed by atoms with Crippen LogP contribution in [0.2, 0.25) is 5.15 Å². The number of alkyl halides is 1. The summed E-state index contributed by atoms with van der Waals surface area (Å²) in [7, 11) is 2.06. The molecule has 1 aromatic heterocycles. The van der Waals surface area contributed by atoms with Gasteiger partial charge in [-0.15, -0.1) is 11.6 Å². The highest BCUT2D eigenvalue weighted by Gasteiger charge is 2.16. The molecule has 0 amide bonds. The lowest BCUT2D eigenvalue weighted by Crippen LogP contribution is -2.30. The van der Waals surface area contributed by atoms with Gasteiger partial charge in [0.2, 0.25) is 0 Å². The summed E-state index contributed by atoms with van der Waals surface area (Å²) in [5, 5.41) is 1.51. The van der Waals surface area contributed by atoms with Gasteiger partial charge in [-0.3, -0.25) is 0 Å². The van der Waals surface area contributed by atoms with Crippen LogP contribution in [-0.4, -0.2) is 18.1 Å². The quantitative estimate of drug-likeness (QED) is 0.745. The first kappa shape index (κ1) is 13.1. The van der Waals surface area contributed by atoms with Gasteiger partial charge < -0.3 is 4.90 Å². The third-order valence-corrected chi connectivity index (χ3v) is 4.55. The molecule has 0 bridgehead atoms. The maximum atomic E-state index is 5.97. The van der Waals surface area contributed by atoms with Crippen molar-refractivity contribution in [3.8, 4) is 0 Å². The van der Waals surface area contributed by atoms with Crippen LogP contribution in [0.4, 0.5) is 5.13 Å². The molecule has 0 N–H and O–H groups in total. The molecule has 15 heavy (non-hydrogen) atoms. The van der Waals surface area contributed by atoms with Gasteiger partial charge in [0.1, 0.15) is 5.15 Å². The van der Waals surface area contributed by atoms with E-state index in [9.17, 15) is 0 Å². The predicted octanol–water partition coefficient (Wildman–Crippen LogP) is 4.16. The predicted molar refractivity (Wildman–Crippen MR) is 69.5 cm³/mol. The van der Waals surface area contributed by atoms with Crippen LogP contribution >= 0.6 is 34.5 Å². The van der Waals surface area contributed by atoms with Crippen LogP contribution in [0.15, 0.2) is 0 Å². The molecule has 0 fully saturated rings. The second-order valence-corrected chi connectivity index (χ2v) is 5.11. The van der Waals surface area contributed by atoms with Gasteiger partial charge in [-0.2, -0.15) is 0 Å². The van der Waals surface area contributed by atoms with Gasteiger partial charge in [0.25, 0.3) is 0 Å². The highest BCUT2D eigenvalue weighted by molar-refractivity contribution is 7.16. The van der Waals surface area contributed by atoms with Gasteiger partial charge >= 0.3 is 0 Å². The van der Waals surface area contributed by atoms with Gasteiger partial charge in [0, 0.05) is 13.1 Å². The first-order valence-electron chi connectivity index (χ1n) is 5.07. The third-order valence-electron chi connectivity index (χ3n) is 2.55. The zero-order valence-corrected chi connectivity index (χ0v) is 11.6. The molecular weight excluding hydrogens is 251 g/mol. The zero-order valence-electron chi connectivity index (χ0n) is 9.26. The van der Waals surface area contributed by atoms with Gasteiger partial charge in [-0.25, -0.2) is 4.98 Å². The number of halogens is 2. The molecule has 0 radical (unpaired) electrons. The van der Waals surface area contributed by atoms with E-state index >= 15 is 0 Å². The SMILES string of the molecule is CCC(CC)N(C)c1nc(Cl)c(CCl)s1. The Morgan fingerprint density at radius 1 is 1.40 bits per heavy atom. The van der Waals surface area contributed by atoms with Crippen molar-refractivity contribution in [1.82, 2.24) is 4.98 Å². The first-order chi connectivity index (χ1) is 7.13. The van der Waals surface area contributed by atoms with E-state index in [1.165, 1.54) is 0 Å². The topological polar surface area (TPSA) is 16.1 Å². The Balaban J connectivity index is 2.85. The number of rotatable bonds is 5. The van der Waals surface area contributed by atoms with E-state index in [4.69, 9.17) is 23.2 Å². The van der Waals surface area contributed by atoms with E-state index in [-0.39, 0.29) is 0 Å². The Labute approximate surface area is 105 Å². The molecule has 1 rings (SSSR count). The third kappa shape index (κ3) is 2.99. The molecule has 1 aromatic rings. The maximum Gasteiger partial charge on any atom is 0.187 e. The van der Waals surface area contributed by atoms with Crippen molar-refractivity contribution in [3.63, 3.8) is 0 Å². The maximum absolute atomic E-state index is 5.97. The van der Waals surface area contributed by atoms with Crippen LogP contribution in [-0.2, 0) is 5.88 Å².